The minimum absolute atomic E-state index is 0.0607. The van der Waals surface area contributed by atoms with Gasteiger partial charge < -0.3 is 4.74 Å². The van der Waals surface area contributed by atoms with E-state index >= 15 is 0 Å². The lowest BCUT2D eigenvalue weighted by Crippen LogP contribution is -1.96. The number of aryl methyl sites for hydroxylation is 2. The quantitative estimate of drug-likeness (QED) is 0.488. The van der Waals surface area contributed by atoms with E-state index in [9.17, 15) is 10.1 Å². The Morgan fingerprint density at radius 3 is 2.58 bits per heavy atom. The maximum absolute atomic E-state index is 10.8. The molecule has 0 unspecified atom stereocenters. The molecule has 0 fully saturated rings. The normalized spacial score (nSPS) is 10.3. The fourth-order valence-corrected chi connectivity index (χ4v) is 1.70. The number of rotatable bonds is 3. The maximum Gasteiger partial charge on any atom is 0.272 e. The Hall–Kier alpha value is -2.21. The summed E-state index contributed by atoms with van der Waals surface area (Å²) in [5, 5.41) is 11.1. The van der Waals surface area contributed by atoms with Crippen LogP contribution < -0.4 is 4.74 Å². The van der Waals surface area contributed by atoms with Crippen LogP contribution in [0.2, 0.25) is 5.15 Å². The first kappa shape index (κ1) is 13.2. The molecule has 0 spiro atoms. The molecule has 0 N–H and O–H groups in total. The molecule has 19 heavy (non-hydrogen) atoms. The van der Waals surface area contributed by atoms with Crippen molar-refractivity contribution < 1.29 is 9.66 Å². The highest BCUT2D eigenvalue weighted by Crippen LogP contribution is 2.30. The molecule has 7 heteroatoms. The number of nitrogens with zero attached hydrogens (tertiary/aromatic N) is 3. The van der Waals surface area contributed by atoms with Crippen LogP contribution in [0, 0.1) is 24.0 Å². The summed E-state index contributed by atoms with van der Waals surface area (Å²) < 4.78 is 5.55. The molecule has 98 valence electrons. The van der Waals surface area contributed by atoms with E-state index in [1.165, 1.54) is 18.5 Å². The van der Waals surface area contributed by atoms with Gasteiger partial charge in [-0.3, -0.25) is 10.1 Å². The number of halogens is 1. The summed E-state index contributed by atoms with van der Waals surface area (Å²) in [6.07, 6.45) is 1.28. The predicted molar refractivity (Wildman–Crippen MR) is 69.7 cm³/mol. The van der Waals surface area contributed by atoms with Crippen molar-refractivity contribution in [2.75, 3.05) is 0 Å². The third kappa shape index (κ3) is 2.97. The van der Waals surface area contributed by atoms with Gasteiger partial charge in [-0.15, -0.1) is 0 Å². The number of nitro groups is 1. The molecule has 0 aliphatic carbocycles. The number of ether oxygens (including phenoxy) is 1. The summed E-state index contributed by atoms with van der Waals surface area (Å²) in [6.45, 7) is 3.38. The van der Waals surface area contributed by atoms with Crippen molar-refractivity contribution >= 4 is 17.3 Å². The van der Waals surface area contributed by atoms with Crippen LogP contribution in [0.4, 0.5) is 5.69 Å². The molecule has 0 aliphatic heterocycles. The molecular weight excluding hydrogens is 270 g/mol. The van der Waals surface area contributed by atoms with Gasteiger partial charge in [0, 0.05) is 17.7 Å². The van der Waals surface area contributed by atoms with Gasteiger partial charge in [0.1, 0.15) is 17.2 Å². The van der Waals surface area contributed by atoms with Crippen LogP contribution in [-0.4, -0.2) is 14.9 Å². The molecule has 0 atom stereocenters. The van der Waals surface area contributed by atoms with Gasteiger partial charge in [0.2, 0.25) is 5.88 Å². The van der Waals surface area contributed by atoms with Crippen molar-refractivity contribution in [3.63, 3.8) is 0 Å². The van der Waals surface area contributed by atoms with E-state index in [-0.39, 0.29) is 16.7 Å². The predicted octanol–water partition coefficient (Wildman–Crippen LogP) is 3.45. The van der Waals surface area contributed by atoms with Gasteiger partial charge >= 0.3 is 0 Å². The van der Waals surface area contributed by atoms with Gasteiger partial charge in [0.25, 0.3) is 5.69 Å². The topological polar surface area (TPSA) is 78.2 Å². The Balaban J connectivity index is 2.36. The summed E-state index contributed by atoms with van der Waals surface area (Å²) in [6, 6.07) is 4.54. The first-order chi connectivity index (χ1) is 8.97. The molecule has 1 aromatic carbocycles. The summed E-state index contributed by atoms with van der Waals surface area (Å²) >= 11 is 5.73. The van der Waals surface area contributed by atoms with E-state index in [4.69, 9.17) is 16.3 Å². The highest BCUT2D eigenvalue weighted by Gasteiger charge is 2.14. The minimum Gasteiger partial charge on any atom is -0.439 e. The molecule has 1 heterocycles. The van der Waals surface area contributed by atoms with Gasteiger partial charge in [0.05, 0.1) is 4.92 Å². The molecule has 0 saturated heterocycles. The Kier molecular flexibility index (Phi) is 3.62. The van der Waals surface area contributed by atoms with Crippen LogP contribution >= 0.6 is 11.6 Å². The van der Waals surface area contributed by atoms with Gasteiger partial charge in [-0.25, -0.2) is 9.97 Å². The monoisotopic (exact) mass is 279 g/mol. The van der Waals surface area contributed by atoms with E-state index < -0.39 is 4.92 Å². The molecule has 0 bridgehead atoms. The Labute approximate surface area is 114 Å². The van der Waals surface area contributed by atoms with Crippen LogP contribution in [0.15, 0.2) is 24.5 Å². The third-order valence-electron chi connectivity index (χ3n) is 2.51. The average molecular weight is 280 g/mol. The second-order valence-electron chi connectivity index (χ2n) is 3.94. The molecule has 6 nitrogen and oxygen atoms in total. The molecular formula is C12H10ClN3O3. The van der Waals surface area contributed by atoms with Gasteiger partial charge in [-0.2, -0.15) is 0 Å². The standard InChI is InChI=1S/C12H10ClN3O3/c1-7-4-10(8(2)3-9(7)16(17)18)19-12-5-11(13)14-6-15-12/h3-6H,1-2H3. The number of aromatic nitrogens is 2. The Morgan fingerprint density at radius 2 is 1.95 bits per heavy atom. The smallest absolute Gasteiger partial charge is 0.272 e. The Bertz CT molecular complexity index is 646. The fraction of sp³-hybridized carbons (Fsp3) is 0.167. The van der Waals surface area contributed by atoms with Crippen LogP contribution in [-0.2, 0) is 0 Å². The zero-order valence-corrected chi connectivity index (χ0v) is 11.0. The average Bonchev–Trinajstić information content (AvgIpc) is 2.33. The fourth-order valence-electron chi connectivity index (χ4n) is 1.57. The van der Waals surface area contributed by atoms with Crippen molar-refractivity contribution in [3.05, 3.63) is 50.9 Å². The maximum atomic E-state index is 10.8. The van der Waals surface area contributed by atoms with Crippen LogP contribution in [0.3, 0.4) is 0 Å². The minimum atomic E-state index is -0.423. The summed E-state index contributed by atoms with van der Waals surface area (Å²) in [7, 11) is 0. The van der Waals surface area contributed by atoms with Crippen LogP contribution in [0.25, 0.3) is 0 Å². The zero-order valence-electron chi connectivity index (χ0n) is 10.3. The van der Waals surface area contributed by atoms with Gasteiger partial charge in [0.15, 0.2) is 0 Å². The lowest BCUT2D eigenvalue weighted by Gasteiger charge is -2.09. The molecule has 2 aromatic rings. The lowest BCUT2D eigenvalue weighted by atomic mass is 10.1. The van der Waals surface area contributed by atoms with Crippen LogP contribution in [0.1, 0.15) is 11.1 Å². The summed E-state index contributed by atoms with van der Waals surface area (Å²) in [5.41, 5.74) is 1.23. The van der Waals surface area contributed by atoms with Gasteiger partial charge in [-0.1, -0.05) is 11.6 Å². The van der Waals surface area contributed by atoms with Crippen LogP contribution in [0.5, 0.6) is 11.6 Å². The third-order valence-corrected chi connectivity index (χ3v) is 2.72. The first-order valence-corrected chi connectivity index (χ1v) is 5.76. The van der Waals surface area contributed by atoms with Crippen molar-refractivity contribution in [2.24, 2.45) is 0 Å². The summed E-state index contributed by atoms with van der Waals surface area (Å²) in [4.78, 5) is 18.0. The second kappa shape index (κ2) is 5.19. The Morgan fingerprint density at radius 1 is 1.21 bits per heavy atom. The van der Waals surface area contributed by atoms with Crippen molar-refractivity contribution in [2.45, 2.75) is 13.8 Å². The molecule has 0 saturated carbocycles. The molecule has 0 radical (unpaired) electrons. The SMILES string of the molecule is Cc1cc([N+](=O)[O-])c(C)cc1Oc1cc(Cl)ncn1. The highest BCUT2D eigenvalue weighted by atomic mass is 35.5. The van der Waals surface area contributed by atoms with Crippen molar-refractivity contribution in [1.29, 1.82) is 0 Å². The van der Waals surface area contributed by atoms with E-state index in [0.717, 1.165) is 0 Å². The first-order valence-electron chi connectivity index (χ1n) is 5.38. The molecule has 2 rings (SSSR count). The number of benzene rings is 1. The van der Waals surface area contributed by atoms with E-state index in [2.05, 4.69) is 9.97 Å². The zero-order chi connectivity index (χ0) is 14.0. The van der Waals surface area contributed by atoms with E-state index in [0.29, 0.717) is 16.9 Å². The molecule has 0 aliphatic rings. The largest absolute Gasteiger partial charge is 0.439 e. The molecule has 1 aromatic heterocycles. The lowest BCUT2D eigenvalue weighted by molar-refractivity contribution is -0.385. The van der Waals surface area contributed by atoms with Gasteiger partial charge in [-0.05, 0) is 25.5 Å². The van der Waals surface area contributed by atoms with Crippen molar-refractivity contribution in [1.82, 2.24) is 9.97 Å². The van der Waals surface area contributed by atoms with E-state index in [1.54, 1.807) is 19.9 Å². The number of hydrogen-bond acceptors (Lipinski definition) is 5. The highest BCUT2D eigenvalue weighted by molar-refractivity contribution is 6.29. The van der Waals surface area contributed by atoms with E-state index in [1.807, 2.05) is 0 Å². The molecule has 0 amide bonds. The summed E-state index contributed by atoms with van der Waals surface area (Å²) in [5.74, 6) is 0.786. The second-order valence-corrected chi connectivity index (χ2v) is 4.33. The van der Waals surface area contributed by atoms with Crippen molar-refractivity contribution in [3.8, 4) is 11.6 Å². The number of nitro benzene ring substituents is 1. The number of hydrogen-bond donors (Lipinski definition) is 0.